The zero-order valence-corrected chi connectivity index (χ0v) is 10.8. The second kappa shape index (κ2) is 6.53. The van der Waals surface area contributed by atoms with Crippen LogP contribution in [0.5, 0.6) is 5.75 Å². The van der Waals surface area contributed by atoms with E-state index in [4.69, 9.17) is 4.74 Å². The second-order valence-corrected chi connectivity index (χ2v) is 4.13. The molecule has 0 unspecified atom stereocenters. The van der Waals surface area contributed by atoms with Gasteiger partial charge in [-0.1, -0.05) is 13.8 Å². The lowest BCUT2D eigenvalue weighted by atomic mass is 10.4. The molecule has 0 saturated carbocycles. The van der Waals surface area contributed by atoms with Crippen molar-refractivity contribution in [3.05, 3.63) is 12.4 Å². The van der Waals surface area contributed by atoms with Gasteiger partial charge in [0.15, 0.2) is 5.75 Å². The fourth-order valence-electron chi connectivity index (χ4n) is 1.51. The number of aromatic nitrogens is 2. The maximum atomic E-state index is 5.65. The lowest BCUT2D eigenvalue weighted by Gasteiger charge is -2.17. The fourth-order valence-corrected chi connectivity index (χ4v) is 1.51. The molecule has 0 saturated heterocycles. The molecule has 0 aliphatic carbocycles. The van der Waals surface area contributed by atoms with Gasteiger partial charge < -0.3 is 9.64 Å². The number of ether oxygens (including phenoxy) is 1. The standard InChI is InChI=1S/C12H23N3O/c1-5-14(6-2)7-8-16-12-9-13-15(10-12)11(3)4/h9-11H,5-8H2,1-4H3. The molecule has 0 N–H and O–H groups in total. The van der Waals surface area contributed by atoms with E-state index in [2.05, 4.69) is 37.7 Å². The largest absolute Gasteiger partial charge is 0.489 e. The number of hydrogen-bond acceptors (Lipinski definition) is 3. The Morgan fingerprint density at radius 1 is 1.38 bits per heavy atom. The van der Waals surface area contributed by atoms with Crippen molar-refractivity contribution in [3.8, 4) is 5.75 Å². The van der Waals surface area contributed by atoms with Crippen LogP contribution in [-0.4, -0.2) is 40.9 Å². The molecule has 0 aliphatic heterocycles. The van der Waals surface area contributed by atoms with Gasteiger partial charge in [0.25, 0.3) is 0 Å². The molecule has 0 atom stereocenters. The van der Waals surface area contributed by atoms with Gasteiger partial charge in [-0.05, 0) is 26.9 Å². The Morgan fingerprint density at radius 3 is 2.56 bits per heavy atom. The van der Waals surface area contributed by atoms with Crippen LogP contribution in [0.1, 0.15) is 33.7 Å². The fraction of sp³-hybridized carbons (Fsp3) is 0.750. The second-order valence-electron chi connectivity index (χ2n) is 4.13. The highest BCUT2D eigenvalue weighted by Crippen LogP contribution is 2.12. The van der Waals surface area contributed by atoms with Gasteiger partial charge in [-0.2, -0.15) is 5.10 Å². The van der Waals surface area contributed by atoms with Crippen LogP contribution in [0.25, 0.3) is 0 Å². The zero-order valence-electron chi connectivity index (χ0n) is 10.8. The Labute approximate surface area is 98.2 Å². The topological polar surface area (TPSA) is 30.3 Å². The van der Waals surface area contributed by atoms with E-state index in [1.165, 1.54) is 0 Å². The Balaban J connectivity index is 2.31. The summed E-state index contributed by atoms with van der Waals surface area (Å²) in [6, 6.07) is 0.389. The van der Waals surface area contributed by atoms with Crippen molar-refractivity contribution in [3.63, 3.8) is 0 Å². The Bertz CT molecular complexity index is 292. The monoisotopic (exact) mass is 225 g/mol. The molecule has 0 aliphatic rings. The summed E-state index contributed by atoms with van der Waals surface area (Å²) in [5.41, 5.74) is 0. The Morgan fingerprint density at radius 2 is 2.06 bits per heavy atom. The third-order valence-corrected chi connectivity index (χ3v) is 2.68. The molecule has 0 amide bonds. The van der Waals surface area contributed by atoms with E-state index in [0.29, 0.717) is 6.04 Å². The molecule has 4 heteroatoms. The third kappa shape index (κ3) is 3.85. The Kier molecular flexibility index (Phi) is 5.32. The summed E-state index contributed by atoms with van der Waals surface area (Å²) in [7, 11) is 0. The van der Waals surface area contributed by atoms with Crippen LogP contribution in [0.4, 0.5) is 0 Å². The van der Waals surface area contributed by atoms with Crippen molar-refractivity contribution >= 4 is 0 Å². The van der Waals surface area contributed by atoms with Crippen LogP contribution in [0.15, 0.2) is 12.4 Å². The molecule has 0 fully saturated rings. The van der Waals surface area contributed by atoms with Crippen LogP contribution in [0.2, 0.25) is 0 Å². The highest BCUT2D eigenvalue weighted by Gasteiger charge is 2.03. The van der Waals surface area contributed by atoms with Crippen molar-refractivity contribution in [1.82, 2.24) is 14.7 Å². The van der Waals surface area contributed by atoms with Gasteiger partial charge in [0.2, 0.25) is 0 Å². The molecular weight excluding hydrogens is 202 g/mol. The highest BCUT2D eigenvalue weighted by atomic mass is 16.5. The van der Waals surface area contributed by atoms with Gasteiger partial charge >= 0.3 is 0 Å². The smallest absolute Gasteiger partial charge is 0.157 e. The molecule has 1 aromatic rings. The van der Waals surface area contributed by atoms with Gasteiger partial charge in [0.1, 0.15) is 6.61 Å². The van der Waals surface area contributed by atoms with Crippen LogP contribution in [-0.2, 0) is 0 Å². The van der Waals surface area contributed by atoms with Gasteiger partial charge in [-0.3, -0.25) is 4.68 Å². The highest BCUT2D eigenvalue weighted by molar-refractivity contribution is 5.11. The first kappa shape index (κ1) is 13.0. The molecular formula is C12H23N3O. The van der Waals surface area contributed by atoms with Crippen molar-refractivity contribution in [1.29, 1.82) is 0 Å². The first-order valence-corrected chi connectivity index (χ1v) is 6.06. The number of nitrogens with zero attached hydrogens (tertiary/aromatic N) is 3. The minimum atomic E-state index is 0.389. The van der Waals surface area contributed by atoms with Crippen LogP contribution < -0.4 is 4.74 Å². The van der Waals surface area contributed by atoms with Gasteiger partial charge in [0, 0.05) is 12.6 Å². The molecule has 0 aromatic carbocycles. The number of likely N-dealkylation sites (N-methyl/N-ethyl adjacent to an activating group) is 1. The van der Waals surface area contributed by atoms with E-state index in [1.54, 1.807) is 6.20 Å². The van der Waals surface area contributed by atoms with Crippen molar-refractivity contribution < 1.29 is 4.74 Å². The van der Waals surface area contributed by atoms with Gasteiger partial charge in [-0.25, -0.2) is 0 Å². The third-order valence-electron chi connectivity index (χ3n) is 2.68. The van der Waals surface area contributed by atoms with Crippen molar-refractivity contribution in [2.24, 2.45) is 0 Å². The zero-order chi connectivity index (χ0) is 12.0. The van der Waals surface area contributed by atoms with Crippen molar-refractivity contribution in [2.45, 2.75) is 33.7 Å². The maximum absolute atomic E-state index is 5.65. The molecule has 92 valence electrons. The SMILES string of the molecule is CCN(CC)CCOc1cnn(C(C)C)c1. The van der Waals surface area contributed by atoms with E-state index >= 15 is 0 Å². The van der Waals surface area contributed by atoms with E-state index in [1.807, 2.05) is 10.9 Å². The van der Waals surface area contributed by atoms with Crippen LogP contribution >= 0.6 is 0 Å². The molecule has 1 heterocycles. The summed E-state index contributed by atoms with van der Waals surface area (Å²) < 4.78 is 7.56. The lowest BCUT2D eigenvalue weighted by molar-refractivity contribution is 0.222. The first-order chi connectivity index (χ1) is 7.67. The van der Waals surface area contributed by atoms with Gasteiger partial charge in [-0.15, -0.1) is 0 Å². The predicted octanol–water partition coefficient (Wildman–Crippen LogP) is 2.18. The van der Waals surface area contributed by atoms with Gasteiger partial charge in [0.05, 0.1) is 12.4 Å². The summed E-state index contributed by atoms with van der Waals surface area (Å²) in [5, 5.41) is 4.23. The molecule has 0 bridgehead atoms. The average molecular weight is 225 g/mol. The molecule has 0 radical (unpaired) electrons. The molecule has 4 nitrogen and oxygen atoms in total. The Hall–Kier alpha value is -1.03. The summed E-state index contributed by atoms with van der Waals surface area (Å²) in [6.07, 6.45) is 3.73. The van der Waals surface area contributed by atoms with E-state index in [9.17, 15) is 0 Å². The summed E-state index contributed by atoms with van der Waals surface area (Å²) in [5.74, 6) is 0.862. The molecule has 0 spiro atoms. The molecule has 1 aromatic heterocycles. The van der Waals surface area contributed by atoms with Crippen LogP contribution in [0.3, 0.4) is 0 Å². The quantitative estimate of drug-likeness (QED) is 0.712. The lowest BCUT2D eigenvalue weighted by Crippen LogP contribution is -2.27. The molecule has 1 rings (SSSR count). The predicted molar refractivity (Wildman–Crippen MR) is 65.9 cm³/mol. The van der Waals surface area contributed by atoms with Crippen molar-refractivity contribution in [2.75, 3.05) is 26.2 Å². The maximum Gasteiger partial charge on any atom is 0.157 e. The number of hydrogen-bond donors (Lipinski definition) is 0. The normalized spacial score (nSPS) is 11.4. The van der Waals surface area contributed by atoms with E-state index in [0.717, 1.165) is 32.0 Å². The summed E-state index contributed by atoms with van der Waals surface area (Å²) in [6.45, 7) is 12.4. The summed E-state index contributed by atoms with van der Waals surface area (Å²) >= 11 is 0. The minimum Gasteiger partial charge on any atom is -0.489 e. The number of rotatable bonds is 7. The first-order valence-electron chi connectivity index (χ1n) is 6.06. The minimum absolute atomic E-state index is 0.389. The summed E-state index contributed by atoms with van der Waals surface area (Å²) in [4.78, 5) is 2.34. The van der Waals surface area contributed by atoms with E-state index in [-0.39, 0.29) is 0 Å². The molecule has 16 heavy (non-hydrogen) atoms. The average Bonchev–Trinajstić information content (AvgIpc) is 2.73. The van der Waals surface area contributed by atoms with E-state index < -0.39 is 0 Å². The van der Waals surface area contributed by atoms with Crippen LogP contribution in [0, 0.1) is 0 Å².